The van der Waals surface area contributed by atoms with Crippen LogP contribution in [0.3, 0.4) is 0 Å². The second-order valence-corrected chi connectivity index (χ2v) is 6.35. The first kappa shape index (κ1) is 15.0. The fourth-order valence-electron chi connectivity index (χ4n) is 2.10. The van der Waals surface area contributed by atoms with Gasteiger partial charge in [-0.3, -0.25) is 0 Å². The largest absolute Gasteiger partial charge is 0.490 e. The van der Waals surface area contributed by atoms with Gasteiger partial charge < -0.3 is 9.47 Å². The van der Waals surface area contributed by atoms with E-state index in [1.54, 1.807) is 0 Å². The van der Waals surface area contributed by atoms with Crippen LogP contribution in [0.1, 0.15) is 43.5 Å². The van der Waals surface area contributed by atoms with Gasteiger partial charge in [-0.25, -0.2) is 0 Å². The molecule has 0 N–H and O–H groups in total. The Labute approximate surface area is 128 Å². The van der Waals surface area contributed by atoms with Crippen LogP contribution in [0.4, 0.5) is 0 Å². The number of rotatable bonds is 7. The van der Waals surface area contributed by atoms with E-state index in [1.807, 2.05) is 26.0 Å². The highest BCUT2D eigenvalue weighted by molar-refractivity contribution is 9.09. The van der Waals surface area contributed by atoms with Gasteiger partial charge in [0.25, 0.3) is 0 Å². The molecule has 1 aromatic rings. The number of halogens is 2. The van der Waals surface area contributed by atoms with Crippen molar-refractivity contribution >= 4 is 27.5 Å². The van der Waals surface area contributed by atoms with Crippen LogP contribution < -0.4 is 9.47 Å². The lowest BCUT2D eigenvalue weighted by molar-refractivity contribution is 0.287. The summed E-state index contributed by atoms with van der Waals surface area (Å²) >= 11 is 10.1. The minimum atomic E-state index is 0.294. The molecule has 2 rings (SSSR count). The molecule has 1 aliphatic carbocycles. The van der Waals surface area contributed by atoms with Gasteiger partial charge in [0.15, 0.2) is 11.5 Å². The minimum absolute atomic E-state index is 0.294. The van der Waals surface area contributed by atoms with E-state index in [9.17, 15) is 0 Å². The molecule has 0 saturated heterocycles. The van der Waals surface area contributed by atoms with Crippen LogP contribution in [-0.4, -0.2) is 13.2 Å². The molecule has 1 unspecified atom stereocenters. The van der Waals surface area contributed by atoms with E-state index in [1.165, 1.54) is 12.8 Å². The molecule has 0 radical (unpaired) electrons. The highest BCUT2D eigenvalue weighted by Crippen LogP contribution is 2.45. The average Bonchev–Trinajstić information content (AvgIpc) is 3.16. The van der Waals surface area contributed by atoms with Gasteiger partial charge in [-0.15, -0.1) is 0 Å². The Kier molecular flexibility index (Phi) is 5.40. The van der Waals surface area contributed by atoms with Crippen molar-refractivity contribution in [1.82, 2.24) is 0 Å². The van der Waals surface area contributed by atoms with Gasteiger partial charge in [-0.1, -0.05) is 40.4 Å². The summed E-state index contributed by atoms with van der Waals surface area (Å²) in [5.41, 5.74) is 1.10. The number of hydrogen-bond donors (Lipinski definition) is 0. The number of ether oxygens (including phenoxy) is 2. The van der Waals surface area contributed by atoms with Crippen LogP contribution in [0.15, 0.2) is 12.1 Å². The lowest BCUT2D eigenvalue weighted by Gasteiger charge is -2.17. The molecular weight excluding hydrogens is 328 g/mol. The topological polar surface area (TPSA) is 18.5 Å². The van der Waals surface area contributed by atoms with Crippen LogP contribution in [-0.2, 0) is 0 Å². The first-order valence-electron chi connectivity index (χ1n) is 6.88. The molecule has 1 atom stereocenters. The molecular formula is C15H20BrClO2. The fraction of sp³-hybridized carbons (Fsp3) is 0.600. The summed E-state index contributed by atoms with van der Waals surface area (Å²) in [6.07, 6.45) is 3.82. The van der Waals surface area contributed by atoms with Crippen molar-refractivity contribution in [3.8, 4) is 11.5 Å². The Balaban J connectivity index is 2.23. The molecule has 106 valence electrons. The maximum absolute atomic E-state index is 6.37. The lowest BCUT2D eigenvalue weighted by Crippen LogP contribution is -2.01. The van der Waals surface area contributed by atoms with Crippen LogP contribution in [0.2, 0.25) is 5.02 Å². The smallest absolute Gasteiger partial charge is 0.162 e. The zero-order valence-corrected chi connectivity index (χ0v) is 13.8. The predicted molar refractivity (Wildman–Crippen MR) is 82.8 cm³/mol. The van der Waals surface area contributed by atoms with Gasteiger partial charge in [-0.05, 0) is 37.8 Å². The zero-order chi connectivity index (χ0) is 13.8. The van der Waals surface area contributed by atoms with E-state index < -0.39 is 0 Å². The highest BCUT2D eigenvalue weighted by atomic mass is 79.9. The van der Waals surface area contributed by atoms with Crippen molar-refractivity contribution in [1.29, 1.82) is 0 Å². The Bertz CT molecular complexity index is 432. The summed E-state index contributed by atoms with van der Waals surface area (Å²) in [7, 11) is 0. The Morgan fingerprint density at radius 2 is 1.79 bits per heavy atom. The van der Waals surface area contributed by atoms with E-state index in [0.717, 1.165) is 34.4 Å². The lowest BCUT2D eigenvalue weighted by atomic mass is 10.1. The molecule has 1 fully saturated rings. The van der Waals surface area contributed by atoms with E-state index in [-0.39, 0.29) is 0 Å². The van der Waals surface area contributed by atoms with Crippen molar-refractivity contribution in [2.24, 2.45) is 5.92 Å². The summed E-state index contributed by atoms with van der Waals surface area (Å²) in [6, 6.07) is 3.88. The Morgan fingerprint density at radius 3 is 2.32 bits per heavy atom. The zero-order valence-electron chi connectivity index (χ0n) is 11.4. The molecule has 0 spiro atoms. The van der Waals surface area contributed by atoms with Crippen LogP contribution in [0.5, 0.6) is 11.5 Å². The molecule has 0 aliphatic heterocycles. The van der Waals surface area contributed by atoms with E-state index >= 15 is 0 Å². The van der Waals surface area contributed by atoms with Crippen molar-refractivity contribution < 1.29 is 9.47 Å². The SMILES string of the molecule is CCOc1cc(Cl)c(C(Br)CC2CC2)cc1OCC. The molecule has 1 aromatic carbocycles. The first-order valence-corrected chi connectivity index (χ1v) is 8.18. The van der Waals surface area contributed by atoms with E-state index in [4.69, 9.17) is 21.1 Å². The monoisotopic (exact) mass is 346 g/mol. The molecule has 1 saturated carbocycles. The molecule has 4 heteroatoms. The second kappa shape index (κ2) is 6.85. The summed E-state index contributed by atoms with van der Waals surface area (Å²) in [6.45, 7) is 5.16. The first-order chi connectivity index (χ1) is 9.15. The molecule has 2 nitrogen and oxygen atoms in total. The summed E-state index contributed by atoms with van der Waals surface area (Å²) in [5.74, 6) is 2.36. The second-order valence-electron chi connectivity index (χ2n) is 4.83. The number of alkyl halides is 1. The van der Waals surface area contributed by atoms with E-state index in [2.05, 4.69) is 15.9 Å². The average molecular weight is 348 g/mol. The summed E-state index contributed by atoms with van der Waals surface area (Å²) in [4.78, 5) is 0.294. The van der Waals surface area contributed by atoms with Crippen molar-refractivity contribution in [2.75, 3.05) is 13.2 Å². The summed E-state index contributed by atoms with van der Waals surface area (Å²) < 4.78 is 11.2. The van der Waals surface area contributed by atoms with Gasteiger partial charge in [-0.2, -0.15) is 0 Å². The van der Waals surface area contributed by atoms with Crippen LogP contribution in [0.25, 0.3) is 0 Å². The maximum atomic E-state index is 6.37. The molecule has 1 aliphatic rings. The molecule has 0 bridgehead atoms. The van der Waals surface area contributed by atoms with Gasteiger partial charge in [0, 0.05) is 15.9 Å². The number of benzene rings is 1. The van der Waals surface area contributed by atoms with Gasteiger partial charge >= 0.3 is 0 Å². The highest BCUT2D eigenvalue weighted by Gasteiger charge is 2.26. The van der Waals surface area contributed by atoms with Crippen LogP contribution in [0, 0.1) is 5.92 Å². The predicted octanol–water partition coefficient (Wildman–Crippen LogP) is 5.37. The fourth-order valence-corrected chi connectivity index (χ4v) is 3.43. The summed E-state index contributed by atoms with van der Waals surface area (Å²) in [5, 5.41) is 0.745. The number of hydrogen-bond acceptors (Lipinski definition) is 2. The van der Waals surface area contributed by atoms with Crippen molar-refractivity contribution in [2.45, 2.75) is 37.9 Å². The third-order valence-electron chi connectivity index (χ3n) is 3.24. The molecule has 0 heterocycles. The van der Waals surface area contributed by atoms with Gasteiger partial charge in [0.1, 0.15) is 0 Å². The van der Waals surface area contributed by atoms with E-state index in [0.29, 0.717) is 18.0 Å². The van der Waals surface area contributed by atoms with Crippen molar-refractivity contribution in [3.63, 3.8) is 0 Å². The third kappa shape index (κ3) is 4.03. The quantitative estimate of drug-likeness (QED) is 0.617. The Hall–Kier alpha value is -0.410. The maximum Gasteiger partial charge on any atom is 0.162 e. The van der Waals surface area contributed by atoms with Gasteiger partial charge in [0.2, 0.25) is 0 Å². The third-order valence-corrected chi connectivity index (χ3v) is 4.43. The molecule has 0 aromatic heterocycles. The Morgan fingerprint density at radius 1 is 1.21 bits per heavy atom. The standard InChI is InChI=1S/C15H20BrClO2/c1-3-18-14-8-11(12(16)7-10-5-6-10)13(17)9-15(14)19-4-2/h8-10,12H,3-7H2,1-2H3. The normalized spacial score (nSPS) is 16.2. The molecule has 19 heavy (non-hydrogen) atoms. The molecule has 0 amide bonds. The van der Waals surface area contributed by atoms with Crippen LogP contribution >= 0.6 is 27.5 Å². The van der Waals surface area contributed by atoms with Gasteiger partial charge in [0.05, 0.1) is 13.2 Å². The minimum Gasteiger partial charge on any atom is -0.490 e. The van der Waals surface area contributed by atoms with Crippen molar-refractivity contribution in [3.05, 3.63) is 22.7 Å².